The van der Waals surface area contributed by atoms with Gasteiger partial charge in [-0.25, -0.2) is 4.68 Å². The minimum Gasteiger partial charge on any atom is -0.497 e. The lowest BCUT2D eigenvalue weighted by Crippen LogP contribution is -2.40. The Hall–Kier alpha value is -2.44. The fraction of sp³-hybridized carbons (Fsp3) is 0.529. The van der Waals surface area contributed by atoms with E-state index in [9.17, 15) is 4.79 Å². The van der Waals surface area contributed by atoms with Gasteiger partial charge in [0, 0.05) is 12.5 Å². The molecule has 1 heterocycles. The lowest BCUT2D eigenvalue weighted by Gasteiger charge is -2.21. The molecule has 24 heavy (non-hydrogen) atoms. The van der Waals surface area contributed by atoms with Crippen LogP contribution in [0.25, 0.3) is 0 Å². The molecule has 0 radical (unpaired) electrons. The number of carbonyl (C=O) groups excluding carboxylic acids is 1. The number of nitrogens with zero attached hydrogens (tertiary/aromatic N) is 4. The molecule has 2 aromatic rings. The highest BCUT2D eigenvalue weighted by Gasteiger charge is 2.32. The molecule has 0 bridgehead atoms. The van der Waals surface area contributed by atoms with E-state index < -0.39 is 6.04 Å². The van der Waals surface area contributed by atoms with Gasteiger partial charge in [0.25, 0.3) is 0 Å². The highest BCUT2D eigenvalue weighted by Crippen LogP contribution is 2.32. The van der Waals surface area contributed by atoms with Crippen molar-refractivity contribution in [2.75, 3.05) is 7.11 Å². The largest absolute Gasteiger partial charge is 0.497 e. The zero-order valence-corrected chi connectivity index (χ0v) is 14.3. The second-order valence-corrected chi connectivity index (χ2v) is 6.38. The number of methoxy groups -OCH3 is 1. The van der Waals surface area contributed by atoms with Crippen LogP contribution in [0.5, 0.6) is 5.75 Å². The summed E-state index contributed by atoms with van der Waals surface area (Å²) >= 11 is 0. The maximum absolute atomic E-state index is 12.8. The first-order chi connectivity index (χ1) is 11.6. The topological polar surface area (TPSA) is 81.9 Å². The van der Waals surface area contributed by atoms with E-state index >= 15 is 0 Å². The minimum absolute atomic E-state index is 0.0485. The van der Waals surface area contributed by atoms with Crippen LogP contribution in [0.4, 0.5) is 0 Å². The van der Waals surface area contributed by atoms with Crippen LogP contribution in [0.3, 0.4) is 0 Å². The van der Waals surface area contributed by atoms with E-state index in [1.165, 1.54) is 12.8 Å². The maximum atomic E-state index is 12.8. The van der Waals surface area contributed by atoms with E-state index in [0.29, 0.717) is 18.2 Å². The Balaban J connectivity index is 1.81. The van der Waals surface area contributed by atoms with Crippen LogP contribution >= 0.6 is 0 Å². The Morgan fingerprint density at radius 1 is 1.46 bits per heavy atom. The van der Waals surface area contributed by atoms with Gasteiger partial charge in [-0.05, 0) is 60.7 Å². The van der Waals surface area contributed by atoms with Gasteiger partial charge in [0.15, 0.2) is 0 Å². The summed E-state index contributed by atoms with van der Waals surface area (Å²) in [6, 6.07) is 7.42. The summed E-state index contributed by atoms with van der Waals surface area (Å²) < 4.78 is 6.86. The highest BCUT2D eigenvalue weighted by atomic mass is 16.5. The number of hydrogen-bond donors (Lipinski definition) is 1. The molecule has 7 heteroatoms. The Bertz CT molecular complexity index is 711. The number of benzene rings is 1. The summed E-state index contributed by atoms with van der Waals surface area (Å²) in [7, 11) is 1.63. The summed E-state index contributed by atoms with van der Waals surface area (Å²) in [5.41, 5.74) is 1.00. The fourth-order valence-electron chi connectivity index (χ4n) is 2.87. The van der Waals surface area contributed by atoms with E-state index in [-0.39, 0.29) is 11.9 Å². The van der Waals surface area contributed by atoms with E-state index in [4.69, 9.17) is 4.74 Å². The first-order valence-electron chi connectivity index (χ1n) is 8.26. The smallest absolute Gasteiger partial charge is 0.245 e. The van der Waals surface area contributed by atoms with Gasteiger partial charge < -0.3 is 10.1 Å². The molecular weight excluding hydrogens is 306 g/mol. The molecule has 1 saturated carbocycles. The zero-order chi connectivity index (χ0) is 17.1. The van der Waals surface area contributed by atoms with Gasteiger partial charge in [0.1, 0.15) is 17.6 Å². The van der Waals surface area contributed by atoms with Crippen molar-refractivity contribution in [3.05, 3.63) is 35.7 Å². The quantitative estimate of drug-likeness (QED) is 0.836. The third-order valence-electron chi connectivity index (χ3n) is 4.52. The Labute approximate surface area is 141 Å². The number of hydrogen-bond acceptors (Lipinski definition) is 5. The minimum atomic E-state index is -0.478. The molecule has 0 aliphatic heterocycles. The van der Waals surface area contributed by atoms with Gasteiger partial charge in [-0.3, -0.25) is 4.79 Å². The van der Waals surface area contributed by atoms with Crippen molar-refractivity contribution in [2.24, 2.45) is 5.92 Å². The zero-order valence-electron chi connectivity index (χ0n) is 14.3. The number of nitrogens with one attached hydrogen (secondary N) is 1. The van der Waals surface area contributed by atoms with E-state index in [1.54, 1.807) is 18.7 Å². The van der Waals surface area contributed by atoms with Crippen LogP contribution in [0.15, 0.2) is 24.3 Å². The summed E-state index contributed by atoms with van der Waals surface area (Å²) in [5.74, 6) is 1.94. The van der Waals surface area contributed by atoms with Crippen molar-refractivity contribution < 1.29 is 9.53 Å². The molecule has 0 spiro atoms. The standard InChI is InChI=1S/C17H23N5O2/c1-11(14-7-8-14)18-17(23)16(22-12(2)19-20-21-22)10-13-5-4-6-15(9-13)24-3/h4-6,9,11,14,16H,7-8,10H2,1-3H3,(H,18,23)/t11-,16-/m1/s1. The molecule has 0 saturated heterocycles. The fourth-order valence-corrected chi connectivity index (χ4v) is 2.87. The second kappa shape index (κ2) is 6.98. The molecular formula is C17H23N5O2. The number of amides is 1. The van der Waals surface area contributed by atoms with E-state index in [2.05, 4.69) is 27.8 Å². The summed E-state index contributed by atoms with van der Waals surface area (Å²) in [5, 5.41) is 14.7. The highest BCUT2D eigenvalue weighted by molar-refractivity contribution is 5.81. The van der Waals surface area contributed by atoms with Crippen molar-refractivity contribution in [3.63, 3.8) is 0 Å². The Morgan fingerprint density at radius 2 is 2.25 bits per heavy atom. The number of rotatable bonds is 7. The molecule has 1 aromatic heterocycles. The van der Waals surface area contributed by atoms with Gasteiger partial charge in [-0.15, -0.1) is 5.10 Å². The van der Waals surface area contributed by atoms with Crippen LogP contribution in [0.1, 0.15) is 37.2 Å². The monoisotopic (exact) mass is 329 g/mol. The van der Waals surface area contributed by atoms with Crippen LogP contribution in [0.2, 0.25) is 0 Å². The molecule has 128 valence electrons. The third-order valence-corrected chi connectivity index (χ3v) is 4.52. The first-order valence-corrected chi connectivity index (χ1v) is 8.26. The number of aromatic nitrogens is 4. The second-order valence-electron chi connectivity index (χ2n) is 6.38. The molecule has 1 aliphatic carbocycles. The van der Waals surface area contributed by atoms with Gasteiger partial charge in [-0.1, -0.05) is 12.1 Å². The molecule has 7 nitrogen and oxygen atoms in total. The van der Waals surface area contributed by atoms with Crippen LogP contribution in [0, 0.1) is 12.8 Å². The van der Waals surface area contributed by atoms with Crippen molar-refractivity contribution in [1.29, 1.82) is 0 Å². The molecule has 1 fully saturated rings. The predicted molar refractivity (Wildman–Crippen MR) is 88.6 cm³/mol. The number of ether oxygens (including phenoxy) is 1. The van der Waals surface area contributed by atoms with Gasteiger partial charge >= 0.3 is 0 Å². The van der Waals surface area contributed by atoms with Gasteiger partial charge in [0.2, 0.25) is 5.91 Å². The third kappa shape index (κ3) is 3.72. The average molecular weight is 329 g/mol. The normalized spacial score (nSPS) is 16.5. The molecule has 1 amide bonds. The molecule has 3 rings (SSSR count). The molecule has 1 aromatic carbocycles. The van der Waals surface area contributed by atoms with Crippen molar-refractivity contribution in [3.8, 4) is 5.75 Å². The lowest BCUT2D eigenvalue weighted by atomic mass is 10.0. The lowest BCUT2D eigenvalue weighted by molar-refractivity contribution is -0.125. The number of aryl methyl sites for hydroxylation is 1. The summed E-state index contributed by atoms with van der Waals surface area (Å²) in [6.07, 6.45) is 2.88. The number of tetrazole rings is 1. The first kappa shape index (κ1) is 16.4. The van der Waals surface area contributed by atoms with Crippen LogP contribution in [-0.2, 0) is 11.2 Å². The molecule has 1 aliphatic rings. The van der Waals surface area contributed by atoms with Crippen LogP contribution < -0.4 is 10.1 Å². The van der Waals surface area contributed by atoms with Gasteiger partial charge in [0.05, 0.1) is 7.11 Å². The average Bonchev–Trinajstić information content (AvgIpc) is 3.35. The number of carbonyl (C=O) groups is 1. The Morgan fingerprint density at radius 3 is 2.88 bits per heavy atom. The molecule has 1 N–H and O–H groups in total. The van der Waals surface area contributed by atoms with Crippen molar-refractivity contribution in [1.82, 2.24) is 25.5 Å². The van der Waals surface area contributed by atoms with Crippen molar-refractivity contribution in [2.45, 2.75) is 45.2 Å². The van der Waals surface area contributed by atoms with Crippen LogP contribution in [-0.4, -0.2) is 39.3 Å². The molecule has 0 unspecified atom stereocenters. The van der Waals surface area contributed by atoms with Crippen molar-refractivity contribution >= 4 is 5.91 Å². The summed E-state index contributed by atoms with van der Waals surface area (Å²) in [4.78, 5) is 12.8. The predicted octanol–water partition coefficient (Wildman–Crippen LogP) is 1.69. The Kier molecular flexibility index (Phi) is 4.78. The molecule has 2 atom stereocenters. The summed E-state index contributed by atoms with van der Waals surface area (Å²) in [6.45, 7) is 3.86. The van der Waals surface area contributed by atoms with E-state index in [0.717, 1.165) is 11.3 Å². The SMILES string of the molecule is COc1cccc(C[C@H](C(=O)N[C@H](C)C2CC2)n2nnnc2C)c1. The van der Waals surface area contributed by atoms with E-state index in [1.807, 2.05) is 24.3 Å². The van der Waals surface area contributed by atoms with Gasteiger partial charge in [-0.2, -0.15) is 0 Å². The maximum Gasteiger partial charge on any atom is 0.245 e.